The summed E-state index contributed by atoms with van der Waals surface area (Å²) in [4.78, 5) is 22.5. The molecule has 2 amide bonds. The topological polar surface area (TPSA) is 92.3 Å². The minimum absolute atomic E-state index is 0.0886. The summed E-state index contributed by atoms with van der Waals surface area (Å²) in [5, 5.41) is 2.12. The van der Waals surface area contributed by atoms with Crippen molar-refractivity contribution in [3.8, 4) is 0 Å². The first-order valence-electron chi connectivity index (χ1n) is 6.34. The van der Waals surface area contributed by atoms with Crippen molar-refractivity contribution in [2.45, 2.75) is 25.3 Å². The fourth-order valence-corrected chi connectivity index (χ4v) is 3.26. The molecule has 1 heterocycles. The Kier molecular flexibility index (Phi) is 4.51. The maximum atomic E-state index is 11.9. The Balaban J connectivity index is 1.91. The fraction of sp³-hybridized carbons (Fsp3) is 0.385. The number of amides is 2. The number of rotatable bonds is 5. The molecular formula is C13H16N2O4S. The van der Waals surface area contributed by atoms with Crippen molar-refractivity contribution in [1.29, 1.82) is 0 Å². The van der Waals surface area contributed by atoms with Crippen molar-refractivity contribution in [2.75, 3.05) is 5.75 Å². The van der Waals surface area contributed by atoms with Gasteiger partial charge < -0.3 is 0 Å². The van der Waals surface area contributed by atoms with Gasteiger partial charge in [0, 0.05) is 6.42 Å². The van der Waals surface area contributed by atoms with Gasteiger partial charge in [-0.15, -0.1) is 0 Å². The third-order valence-electron chi connectivity index (χ3n) is 3.06. The summed E-state index contributed by atoms with van der Waals surface area (Å²) >= 11 is 0. The Morgan fingerprint density at radius 3 is 2.55 bits per heavy atom. The van der Waals surface area contributed by atoms with Crippen molar-refractivity contribution >= 4 is 21.8 Å². The van der Waals surface area contributed by atoms with Crippen LogP contribution in [-0.4, -0.2) is 32.0 Å². The second-order valence-corrected chi connectivity index (χ2v) is 6.55. The molecule has 0 aromatic heterocycles. The lowest BCUT2D eigenvalue weighted by Gasteiger charge is -2.21. The van der Waals surface area contributed by atoms with Crippen LogP contribution >= 0.6 is 0 Å². The molecule has 0 aliphatic carbocycles. The highest BCUT2D eigenvalue weighted by Crippen LogP contribution is 2.07. The van der Waals surface area contributed by atoms with E-state index >= 15 is 0 Å². The van der Waals surface area contributed by atoms with Gasteiger partial charge in [-0.3, -0.25) is 14.9 Å². The minimum Gasteiger partial charge on any atom is -0.295 e. The molecule has 1 aromatic carbocycles. The minimum atomic E-state index is -3.55. The number of aryl methyl sites for hydroxylation is 1. The molecule has 6 nitrogen and oxygen atoms in total. The standard InChI is InChI=1S/C13H16N2O4S/c16-12-7-6-11(13(17)14-12)15-20(18,19)9-8-10-4-2-1-3-5-10/h1-5,11,15H,6-9H2,(H,14,16,17). The lowest BCUT2D eigenvalue weighted by atomic mass is 10.1. The van der Waals surface area contributed by atoms with Gasteiger partial charge in [-0.05, 0) is 18.4 Å². The van der Waals surface area contributed by atoms with E-state index in [1.807, 2.05) is 30.3 Å². The van der Waals surface area contributed by atoms with Gasteiger partial charge in [0.05, 0.1) is 5.75 Å². The molecule has 0 saturated carbocycles. The molecule has 0 radical (unpaired) electrons. The fourth-order valence-electron chi connectivity index (χ4n) is 1.98. The molecule has 0 bridgehead atoms. The Morgan fingerprint density at radius 1 is 1.20 bits per heavy atom. The summed E-state index contributed by atoms with van der Waals surface area (Å²) in [6.07, 6.45) is 0.732. The first kappa shape index (κ1) is 14.7. The van der Waals surface area contributed by atoms with Crippen LogP contribution < -0.4 is 10.0 Å². The van der Waals surface area contributed by atoms with Gasteiger partial charge in [0.25, 0.3) is 0 Å². The van der Waals surface area contributed by atoms with Crippen molar-refractivity contribution in [3.63, 3.8) is 0 Å². The molecule has 1 unspecified atom stereocenters. The molecule has 1 atom stereocenters. The summed E-state index contributed by atoms with van der Waals surface area (Å²) in [6.45, 7) is 0. The van der Waals surface area contributed by atoms with E-state index < -0.39 is 22.0 Å². The second kappa shape index (κ2) is 6.15. The van der Waals surface area contributed by atoms with Gasteiger partial charge in [0.1, 0.15) is 6.04 Å². The number of sulfonamides is 1. The average molecular weight is 296 g/mol. The van der Waals surface area contributed by atoms with Gasteiger partial charge in [0.2, 0.25) is 21.8 Å². The monoisotopic (exact) mass is 296 g/mol. The first-order chi connectivity index (χ1) is 9.46. The van der Waals surface area contributed by atoms with E-state index in [1.165, 1.54) is 0 Å². The molecule has 7 heteroatoms. The van der Waals surface area contributed by atoms with Gasteiger partial charge >= 0.3 is 0 Å². The summed E-state index contributed by atoms with van der Waals surface area (Å²) in [5.74, 6) is -1.03. The third-order valence-corrected chi connectivity index (χ3v) is 4.45. The highest BCUT2D eigenvalue weighted by Gasteiger charge is 2.29. The van der Waals surface area contributed by atoms with Crippen molar-refractivity contribution in [3.05, 3.63) is 35.9 Å². The normalized spacial score (nSPS) is 19.7. The Bertz CT molecular complexity index is 598. The van der Waals surface area contributed by atoms with Gasteiger partial charge in [-0.25, -0.2) is 13.1 Å². The number of carbonyl (C=O) groups excluding carboxylic acids is 2. The molecule has 108 valence electrons. The summed E-state index contributed by atoms with van der Waals surface area (Å²) < 4.78 is 26.2. The molecule has 1 aliphatic heterocycles. The molecular weight excluding hydrogens is 280 g/mol. The van der Waals surface area contributed by atoms with Crippen LogP contribution in [-0.2, 0) is 26.0 Å². The molecule has 0 spiro atoms. The van der Waals surface area contributed by atoms with Crippen LogP contribution in [0.5, 0.6) is 0 Å². The summed E-state index contributed by atoms with van der Waals surface area (Å²) in [6, 6.07) is 8.39. The zero-order valence-corrected chi connectivity index (χ0v) is 11.7. The number of imide groups is 1. The van der Waals surface area contributed by atoms with Crippen molar-refractivity contribution in [2.24, 2.45) is 0 Å². The van der Waals surface area contributed by atoms with E-state index in [4.69, 9.17) is 0 Å². The molecule has 20 heavy (non-hydrogen) atoms. The maximum Gasteiger partial charge on any atom is 0.244 e. The van der Waals surface area contributed by atoms with Gasteiger partial charge in [0.15, 0.2) is 0 Å². The predicted molar refractivity (Wildman–Crippen MR) is 73.2 cm³/mol. The lowest BCUT2D eigenvalue weighted by molar-refractivity contribution is -0.134. The van der Waals surface area contributed by atoms with E-state index in [9.17, 15) is 18.0 Å². The molecule has 1 saturated heterocycles. The molecule has 1 aromatic rings. The van der Waals surface area contributed by atoms with Crippen LogP contribution in [0.15, 0.2) is 30.3 Å². The maximum absolute atomic E-state index is 11.9. The average Bonchev–Trinajstić information content (AvgIpc) is 2.41. The van der Waals surface area contributed by atoms with Gasteiger partial charge in [-0.2, -0.15) is 0 Å². The lowest BCUT2D eigenvalue weighted by Crippen LogP contribution is -2.52. The Hall–Kier alpha value is -1.73. The second-order valence-electron chi connectivity index (χ2n) is 4.68. The SMILES string of the molecule is O=C1CCC(NS(=O)(=O)CCc2ccccc2)C(=O)N1. The largest absolute Gasteiger partial charge is 0.295 e. The summed E-state index contributed by atoms with van der Waals surface area (Å²) in [5.41, 5.74) is 0.918. The smallest absolute Gasteiger partial charge is 0.244 e. The molecule has 1 fully saturated rings. The number of hydrogen-bond donors (Lipinski definition) is 2. The van der Waals surface area contributed by atoms with Crippen LogP contribution in [0, 0.1) is 0 Å². The zero-order valence-electron chi connectivity index (χ0n) is 10.8. The van der Waals surface area contributed by atoms with E-state index in [0.717, 1.165) is 5.56 Å². The molecule has 1 aliphatic rings. The van der Waals surface area contributed by atoms with Crippen LogP contribution in [0.2, 0.25) is 0 Å². The highest BCUT2D eigenvalue weighted by molar-refractivity contribution is 7.89. The highest BCUT2D eigenvalue weighted by atomic mass is 32.2. The van der Waals surface area contributed by atoms with Gasteiger partial charge in [-0.1, -0.05) is 30.3 Å². The van der Waals surface area contributed by atoms with E-state index in [0.29, 0.717) is 6.42 Å². The number of hydrogen-bond acceptors (Lipinski definition) is 4. The molecule has 2 N–H and O–H groups in total. The number of benzene rings is 1. The van der Waals surface area contributed by atoms with Crippen molar-refractivity contribution < 1.29 is 18.0 Å². The molecule has 2 rings (SSSR count). The van der Waals surface area contributed by atoms with Crippen LogP contribution in [0.1, 0.15) is 18.4 Å². The number of carbonyl (C=O) groups is 2. The summed E-state index contributed by atoms with van der Waals surface area (Å²) in [7, 11) is -3.55. The van der Waals surface area contributed by atoms with Crippen LogP contribution in [0.3, 0.4) is 0 Å². The van der Waals surface area contributed by atoms with E-state index in [2.05, 4.69) is 10.0 Å². The number of piperidine rings is 1. The first-order valence-corrected chi connectivity index (χ1v) is 7.99. The van der Waals surface area contributed by atoms with Crippen LogP contribution in [0.4, 0.5) is 0 Å². The van der Waals surface area contributed by atoms with Crippen LogP contribution in [0.25, 0.3) is 0 Å². The Morgan fingerprint density at radius 2 is 1.90 bits per heavy atom. The quantitative estimate of drug-likeness (QED) is 0.745. The van der Waals surface area contributed by atoms with Crippen molar-refractivity contribution in [1.82, 2.24) is 10.0 Å². The predicted octanol–water partition coefficient (Wildman–Crippen LogP) is -0.0463. The third kappa shape index (κ3) is 4.14. The van der Waals surface area contributed by atoms with E-state index in [1.54, 1.807) is 0 Å². The number of nitrogens with one attached hydrogen (secondary N) is 2. The van der Waals surface area contributed by atoms with E-state index in [-0.39, 0.29) is 24.5 Å². The zero-order chi connectivity index (χ0) is 14.6. The Labute approximate surface area is 117 Å².